The van der Waals surface area contributed by atoms with Crippen molar-refractivity contribution in [2.45, 2.75) is 19.0 Å². The van der Waals surface area contributed by atoms with Gasteiger partial charge in [-0.15, -0.1) is 11.3 Å². The van der Waals surface area contributed by atoms with Crippen molar-refractivity contribution in [1.29, 1.82) is 0 Å². The van der Waals surface area contributed by atoms with Gasteiger partial charge in [-0.05, 0) is 41.1 Å². The van der Waals surface area contributed by atoms with Crippen LogP contribution >= 0.6 is 11.3 Å². The Kier molecular flexibility index (Phi) is 3.28. The maximum absolute atomic E-state index is 11.8. The molecule has 0 saturated carbocycles. The van der Waals surface area contributed by atoms with Crippen LogP contribution in [0.4, 0.5) is 0 Å². The van der Waals surface area contributed by atoms with Crippen LogP contribution in [0.5, 0.6) is 11.5 Å². The summed E-state index contributed by atoms with van der Waals surface area (Å²) in [5.41, 5.74) is 1.97. The summed E-state index contributed by atoms with van der Waals surface area (Å²) in [6.45, 7) is 1.61. The molecule has 1 unspecified atom stereocenters. The molecule has 2 aromatic rings. The van der Waals surface area contributed by atoms with Crippen molar-refractivity contribution in [3.63, 3.8) is 0 Å². The molecule has 1 atom stereocenters. The van der Waals surface area contributed by atoms with Gasteiger partial charge in [-0.2, -0.15) is 0 Å². The highest BCUT2D eigenvalue weighted by atomic mass is 32.1. The maximum atomic E-state index is 11.8. The fourth-order valence-electron chi connectivity index (χ4n) is 3.08. The van der Waals surface area contributed by atoms with E-state index in [0.29, 0.717) is 18.0 Å². The number of thiophene rings is 1. The van der Waals surface area contributed by atoms with E-state index in [1.807, 2.05) is 11.0 Å². The van der Waals surface area contributed by atoms with E-state index in [1.165, 1.54) is 10.4 Å². The van der Waals surface area contributed by atoms with Crippen LogP contribution in [0, 0.1) is 0 Å². The van der Waals surface area contributed by atoms with Gasteiger partial charge in [-0.1, -0.05) is 6.07 Å². The summed E-state index contributed by atoms with van der Waals surface area (Å²) in [5.74, 6) is 0.459. The zero-order valence-corrected chi connectivity index (χ0v) is 12.6. The maximum Gasteiger partial charge on any atom is 0.325 e. The van der Waals surface area contributed by atoms with Crippen molar-refractivity contribution in [3.05, 3.63) is 45.6 Å². The number of ether oxygens (including phenoxy) is 2. The van der Waals surface area contributed by atoms with Gasteiger partial charge in [0.1, 0.15) is 6.04 Å². The Morgan fingerprint density at radius 2 is 2.14 bits per heavy atom. The van der Waals surface area contributed by atoms with E-state index in [9.17, 15) is 9.90 Å². The first kappa shape index (κ1) is 13.6. The molecule has 4 rings (SSSR count). The lowest BCUT2D eigenvalue weighted by Crippen LogP contribution is -2.37. The summed E-state index contributed by atoms with van der Waals surface area (Å²) < 4.78 is 10.7. The van der Waals surface area contributed by atoms with Gasteiger partial charge in [0.15, 0.2) is 11.5 Å². The predicted octanol–water partition coefficient (Wildman–Crippen LogP) is 2.66. The molecule has 0 radical (unpaired) electrons. The molecular formula is C16H15NO4S. The number of carboxylic acids is 1. The first-order valence-corrected chi connectivity index (χ1v) is 8.02. The molecule has 2 aliphatic rings. The van der Waals surface area contributed by atoms with Crippen molar-refractivity contribution in [2.75, 3.05) is 13.3 Å². The number of benzene rings is 1. The number of carbonyl (C=O) groups is 1. The second-order valence-corrected chi connectivity index (χ2v) is 6.44. The van der Waals surface area contributed by atoms with Crippen LogP contribution in [0.1, 0.15) is 22.0 Å². The summed E-state index contributed by atoms with van der Waals surface area (Å²) in [4.78, 5) is 15.2. The summed E-state index contributed by atoms with van der Waals surface area (Å²) in [7, 11) is 0. The molecule has 6 heteroatoms. The van der Waals surface area contributed by atoms with Gasteiger partial charge >= 0.3 is 5.97 Å². The minimum Gasteiger partial charge on any atom is -0.480 e. The van der Waals surface area contributed by atoms with Gasteiger partial charge in [0.2, 0.25) is 6.79 Å². The highest BCUT2D eigenvalue weighted by molar-refractivity contribution is 7.10. The smallest absolute Gasteiger partial charge is 0.325 e. The summed E-state index contributed by atoms with van der Waals surface area (Å²) >= 11 is 1.75. The highest BCUT2D eigenvalue weighted by Crippen LogP contribution is 2.37. The third kappa shape index (κ3) is 2.24. The van der Waals surface area contributed by atoms with Crippen LogP contribution in [0.15, 0.2) is 29.6 Å². The fraction of sp³-hybridized carbons (Fsp3) is 0.312. The van der Waals surface area contributed by atoms with E-state index in [1.54, 1.807) is 23.5 Å². The molecule has 0 saturated heterocycles. The molecular weight excluding hydrogens is 302 g/mol. The Morgan fingerprint density at radius 1 is 1.27 bits per heavy atom. The molecule has 1 aromatic heterocycles. The number of aliphatic carboxylic acids is 1. The number of carboxylic acid groups (broad SMARTS) is 1. The first-order valence-electron chi connectivity index (χ1n) is 7.14. The third-order valence-corrected chi connectivity index (χ3v) is 5.17. The lowest BCUT2D eigenvalue weighted by molar-refractivity contribution is -0.144. The zero-order chi connectivity index (χ0) is 15.1. The zero-order valence-electron chi connectivity index (χ0n) is 11.8. The lowest BCUT2D eigenvalue weighted by atomic mass is 10.0. The van der Waals surface area contributed by atoms with Crippen LogP contribution in [-0.2, 0) is 17.8 Å². The van der Waals surface area contributed by atoms with Crippen molar-refractivity contribution in [1.82, 2.24) is 4.90 Å². The minimum atomic E-state index is -0.836. The number of nitrogens with zero attached hydrogens (tertiary/aromatic N) is 1. The van der Waals surface area contributed by atoms with Gasteiger partial charge in [0.05, 0.1) is 0 Å². The lowest BCUT2D eigenvalue weighted by Gasteiger charge is -2.32. The fourth-order valence-corrected chi connectivity index (χ4v) is 3.97. The van der Waals surface area contributed by atoms with E-state index in [-0.39, 0.29) is 6.79 Å². The Morgan fingerprint density at radius 3 is 3.00 bits per heavy atom. The number of hydrogen-bond donors (Lipinski definition) is 1. The summed E-state index contributed by atoms with van der Waals surface area (Å²) in [6.07, 6.45) is 0.904. The van der Waals surface area contributed by atoms with Crippen molar-refractivity contribution in [2.24, 2.45) is 0 Å². The first-order chi connectivity index (χ1) is 10.7. The van der Waals surface area contributed by atoms with E-state index in [0.717, 1.165) is 18.5 Å². The number of rotatable bonds is 3. The van der Waals surface area contributed by atoms with Crippen LogP contribution < -0.4 is 9.47 Å². The van der Waals surface area contributed by atoms with E-state index in [4.69, 9.17) is 9.47 Å². The Labute approximate surface area is 131 Å². The Bertz CT molecular complexity index is 727. The highest BCUT2D eigenvalue weighted by Gasteiger charge is 2.31. The van der Waals surface area contributed by atoms with Crippen LogP contribution in [0.3, 0.4) is 0 Å². The molecule has 0 aliphatic carbocycles. The second-order valence-electron chi connectivity index (χ2n) is 5.44. The molecule has 5 nitrogen and oxygen atoms in total. The molecule has 3 heterocycles. The average Bonchev–Trinajstić information content (AvgIpc) is 3.14. The van der Waals surface area contributed by atoms with Gasteiger partial charge in [-0.3, -0.25) is 9.69 Å². The van der Waals surface area contributed by atoms with Gasteiger partial charge < -0.3 is 14.6 Å². The molecule has 0 bridgehead atoms. The summed E-state index contributed by atoms with van der Waals surface area (Å²) in [5, 5.41) is 11.8. The van der Waals surface area contributed by atoms with E-state index in [2.05, 4.69) is 11.4 Å². The van der Waals surface area contributed by atoms with E-state index < -0.39 is 12.0 Å². The van der Waals surface area contributed by atoms with Crippen LogP contribution in [0.2, 0.25) is 0 Å². The van der Waals surface area contributed by atoms with Gasteiger partial charge in [0, 0.05) is 18.0 Å². The average molecular weight is 317 g/mol. The minimum absolute atomic E-state index is 0.193. The normalized spacial score (nSPS) is 18.0. The standard InChI is InChI=1S/C16H15NO4S/c18-16(19)15(10-1-2-12-13(7-10)21-9-20-12)17-5-3-14-11(8-17)4-6-22-14/h1-2,4,6-7,15H,3,5,8-9H2,(H,18,19). The van der Waals surface area contributed by atoms with Gasteiger partial charge in [0.25, 0.3) is 0 Å². The Hall–Kier alpha value is -2.05. The molecule has 0 amide bonds. The molecule has 2 aliphatic heterocycles. The largest absolute Gasteiger partial charge is 0.480 e. The van der Waals surface area contributed by atoms with Crippen molar-refractivity contribution >= 4 is 17.3 Å². The third-order valence-electron chi connectivity index (χ3n) is 4.15. The molecule has 1 aromatic carbocycles. The monoisotopic (exact) mass is 317 g/mol. The van der Waals surface area contributed by atoms with Crippen molar-refractivity contribution in [3.8, 4) is 11.5 Å². The van der Waals surface area contributed by atoms with Crippen molar-refractivity contribution < 1.29 is 19.4 Å². The van der Waals surface area contributed by atoms with Crippen LogP contribution in [0.25, 0.3) is 0 Å². The topological polar surface area (TPSA) is 59.0 Å². The molecule has 1 N–H and O–H groups in total. The molecule has 0 fully saturated rings. The number of fused-ring (bicyclic) bond motifs is 2. The molecule has 0 spiro atoms. The summed E-state index contributed by atoms with van der Waals surface area (Å²) in [6, 6.07) is 6.81. The SMILES string of the molecule is O=C(O)C(c1ccc2c(c1)OCO2)N1CCc2sccc2C1. The molecule has 114 valence electrons. The Balaban J connectivity index is 1.66. The quantitative estimate of drug-likeness (QED) is 0.943. The van der Waals surface area contributed by atoms with Gasteiger partial charge in [-0.25, -0.2) is 0 Å². The molecule has 22 heavy (non-hydrogen) atoms. The van der Waals surface area contributed by atoms with Crippen LogP contribution in [-0.4, -0.2) is 29.3 Å². The number of hydrogen-bond acceptors (Lipinski definition) is 5. The van der Waals surface area contributed by atoms with E-state index >= 15 is 0 Å². The second kappa shape index (κ2) is 5.30. The predicted molar refractivity (Wildman–Crippen MR) is 81.4 cm³/mol.